The minimum atomic E-state index is 0.768. The van der Waals surface area contributed by atoms with Crippen LogP contribution in [0.5, 0.6) is 0 Å². The second-order valence-corrected chi connectivity index (χ2v) is 6.72. The highest BCUT2D eigenvalue weighted by atomic mass is 32.1. The minimum absolute atomic E-state index is 0.768. The minimum Gasteiger partial charge on any atom is -0.357 e. The molecule has 1 aromatic heterocycles. The molecule has 0 unspecified atom stereocenters. The monoisotopic (exact) mass is 330 g/mol. The van der Waals surface area contributed by atoms with Gasteiger partial charge in [-0.1, -0.05) is 0 Å². The fraction of sp³-hybridized carbons (Fsp3) is 0.385. The van der Waals surface area contributed by atoms with Gasteiger partial charge in [0.1, 0.15) is 0 Å². The molecule has 104 valence electrons. The largest absolute Gasteiger partial charge is 0.357 e. The molecule has 1 aromatic carbocycles. The zero-order valence-electron chi connectivity index (χ0n) is 11.2. The predicted molar refractivity (Wildman–Crippen MR) is 94.3 cm³/mol. The maximum absolute atomic E-state index is 4.62. The molecule has 0 aliphatic heterocycles. The van der Waals surface area contributed by atoms with Crippen LogP contribution in [0, 0.1) is 6.92 Å². The number of aryl methyl sites for hydroxylation is 1. The lowest BCUT2D eigenvalue weighted by molar-refractivity contribution is 0.414. The van der Waals surface area contributed by atoms with Gasteiger partial charge in [-0.3, -0.25) is 0 Å². The fourth-order valence-electron chi connectivity index (χ4n) is 2.21. The summed E-state index contributed by atoms with van der Waals surface area (Å²) in [7, 11) is 4.15. The molecular formula is C13H18N2S4. The molecule has 0 aliphatic rings. The Kier molecular flexibility index (Phi) is 4.78. The third kappa shape index (κ3) is 2.78. The van der Waals surface area contributed by atoms with Crippen LogP contribution < -0.4 is 0 Å². The number of hydrogen-bond donors (Lipinski definition) is 5. The maximum atomic E-state index is 4.62. The predicted octanol–water partition coefficient (Wildman–Crippen LogP) is 3.74. The lowest BCUT2D eigenvalue weighted by Gasteiger charge is -2.12. The van der Waals surface area contributed by atoms with Crippen molar-refractivity contribution < 1.29 is 0 Å². The van der Waals surface area contributed by atoms with Crippen molar-refractivity contribution in [2.24, 2.45) is 0 Å². The van der Waals surface area contributed by atoms with Crippen LogP contribution in [0.2, 0.25) is 0 Å². The summed E-state index contributed by atoms with van der Waals surface area (Å²) in [5.41, 5.74) is 3.45. The van der Waals surface area contributed by atoms with Crippen molar-refractivity contribution in [3.63, 3.8) is 0 Å². The van der Waals surface area contributed by atoms with Gasteiger partial charge in [-0.2, -0.15) is 0 Å². The number of nitrogens with zero attached hydrogens (tertiary/aromatic N) is 1. The normalized spacial score (nSPS) is 11.8. The van der Waals surface area contributed by atoms with Crippen molar-refractivity contribution in [3.05, 3.63) is 11.3 Å². The summed E-state index contributed by atoms with van der Waals surface area (Å²) in [5.74, 6) is 0. The van der Waals surface area contributed by atoms with Crippen LogP contribution in [0.4, 0.5) is 0 Å². The summed E-state index contributed by atoms with van der Waals surface area (Å²) in [6, 6.07) is 0. The van der Waals surface area contributed by atoms with Crippen LogP contribution in [-0.2, 0) is 6.42 Å². The lowest BCUT2D eigenvalue weighted by atomic mass is 10.1. The summed E-state index contributed by atoms with van der Waals surface area (Å²) in [6.07, 6.45) is 0.971. The van der Waals surface area contributed by atoms with Crippen molar-refractivity contribution >= 4 is 61.4 Å². The van der Waals surface area contributed by atoms with E-state index in [1.165, 1.54) is 5.56 Å². The van der Waals surface area contributed by atoms with E-state index in [0.29, 0.717) is 0 Å². The molecule has 2 rings (SSSR count). The van der Waals surface area contributed by atoms with Crippen LogP contribution in [0.15, 0.2) is 19.6 Å². The number of benzene rings is 1. The van der Waals surface area contributed by atoms with E-state index in [4.69, 9.17) is 0 Å². The quantitative estimate of drug-likeness (QED) is 0.543. The van der Waals surface area contributed by atoms with Gasteiger partial charge in [0, 0.05) is 37.2 Å². The average Bonchev–Trinajstić information content (AvgIpc) is 2.68. The molecule has 0 fully saturated rings. The first-order chi connectivity index (χ1) is 8.84. The van der Waals surface area contributed by atoms with Gasteiger partial charge in [-0.25, -0.2) is 0 Å². The molecule has 0 aliphatic carbocycles. The zero-order valence-corrected chi connectivity index (χ0v) is 14.7. The maximum Gasteiger partial charge on any atom is 0.0617 e. The van der Waals surface area contributed by atoms with E-state index in [1.807, 2.05) is 0 Å². The van der Waals surface area contributed by atoms with Gasteiger partial charge in [0.05, 0.1) is 5.52 Å². The Morgan fingerprint density at radius 1 is 0.947 bits per heavy atom. The molecule has 0 saturated heterocycles. The fourth-order valence-corrected chi connectivity index (χ4v) is 3.47. The third-order valence-electron chi connectivity index (χ3n) is 3.27. The van der Waals surface area contributed by atoms with E-state index in [1.54, 1.807) is 0 Å². The number of likely N-dealkylation sites (N-methyl/N-ethyl adjacent to an activating group) is 1. The molecule has 6 heteroatoms. The molecule has 0 atom stereocenters. The molecular weight excluding hydrogens is 312 g/mol. The van der Waals surface area contributed by atoms with E-state index in [9.17, 15) is 0 Å². The van der Waals surface area contributed by atoms with Gasteiger partial charge in [0.25, 0.3) is 0 Å². The summed E-state index contributed by atoms with van der Waals surface area (Å²) in [4.78, 5) is 8.84. The third-order valence-corrected chi connectivity index (χ3v) is 5.59. The zero-order chi connectivity index (χ0) is 14.3. The first-order valence-electron chi connectivity index (χ1n) is 5.96. The van der Waals surface area contributed by atoms with E-state index in [2.05, 4.69) is 81.4 Å². The first kappa shape index (κ1) is 15.5. The number of thiol groups is 4. The standard InChI is InChI=1S/C13H18N2S4/c1-6-7(4-5-15(2)3)8-9(14-6)11(17)13(19)12(18)10(8)16/h14,16-19H,4-5H2,1-3H3. The second-order valence-electron chi connectivity index (χ2n) is 4.93. The van der Waals surface area contributed by atoms with Gasteiger partial charge in [-0.05, 0) is 33.0 Å². The van der Waals surface area contributed by atoms with Crippen molar-refractivity contribution in [1.29, 1.82) is 0 Å². The molecule has 0 bridgehead atoms. The Morgan fingerprint density at radius 2 is 1.53 bits per heavy atom. The molecule has 2 aromatic rings. The molecule has 0 amide bonds. The van der Waals surface area contributed by atoms with Gasteiger partial charge in [0.15, 0.2) is 0 Å². The van der Waals surface area contributed by atoms with Gasteiger partial charge in [-0.15, -0.1) is 50.5 Å². The Balaban J connectivity index is 2.68. The topological polar surface area (TPSA) is 19.0 Å². The number of hydrogen-bond acceptors (Lipinski definition) is 5. The Morgan fingerprint density at radius 3 is 2.11 bits per heavy atom. The van der Waals surface area contributed by atoms with Gasteiger partial charge < -0.3 is 9.88 Å². The van der Waals surface area contributed by atoms with Crippen LogP contribution in [0.1, 0.15) is 11.3 Å². The van der Waals surface area contributed by atoms with Crippen LogP contribution in [0.25, 0.3) is 10.9 Å². The van der Waals surface area contributed by atoms with E-state index in [-0.39, 0.29) is 0 Å². The Bertz CT molecular complexity index is 632. The highest BCUT2D eigenvalue weighted by molar-refractivity contribution is 7.86. The van der Waals surface area contributed by atoms with Crippen molar-refractivity contribution in [1.82, 2.24) is 9.88 Å². The first-order valence-corrected chi connectivity index (χ1v) is 7.75. The summed E-state index contributed by atoms with van der Waals surface area (Å²) < 4.78 is 0. The molecule has 1 heterocycles. The summed E-state index contributed by atoms with van der Waals surface area (Å²) in [6.45, 7) is 3.08. The van der Waals surface area contributed by atoms with Gasteiger partial charge in [0.2, 0.25) is 0 Å². The molecule has 0 radical (unpaired) electrons. The van der Waals surface area contributed by atoms with Crippen molar-refractivity contribution in [2.75, 3.05) is 20.6 Å². The number of fused-ring (bicyclic) bond motifs is 1. The Labute approximate surface area is 136 Å². The second kappa shape index (κ2) is 5.85. The van der Waals surface area contributed by atoms with Crippen molar-refractivity contribution in [3.8, 4) is 0 Å². The van der Waals surface area contributed by atoms with Gasteiger partial charge >= 0.3 is 0 Å². The summed E-state index contributed by atoms with van der Waals surface area (Å²) >= 11 is 18.1. The average molecular weight is 331 g/mol. The number of H-pyrrole nitrogens is 1. The van der Waals surface area contributed by atoms with E-state index < -0.39 is 0 Å². The number of aromatic nitrogens is 1. The number of rotatable bonds is 3. The molecule has 2 nitrogen and oxygen atoms in total. The Hall–Kier alpha value is 0.120. The molecule has 0 saturated carbocycles. The number of aromatic amines is 1. The molecule has 19 heavy (non-hydrogen) atoms. The van der Waals surface area contributed by atoms with Crippen molar-refractivity contribution in [2.45, 2.75) is 32.9 Å². The smallest absolute Gasteiger partial charge is 0.0617 e. The molecule has 0 spiro atoms. The highest BCUT2D eigenvalue weighted by Crippen LogP contribution is 2.41. The van der Waals surface area contributed by atoms with E-state index in [0.717, 1.165) is 49.1 Å². The highest BCUT2D eigenvalue weighted by Gasteiger charge is 2.18. The number of nitrogens with one attached hydrogen (secondary N) is 1. The lowest BCUT2D eigenvalue weighted by Crippen LogP contribution is -2.15. The summed E-state index contributed by atoms with van der Waals surface area (Å²) in [5, 5.41) is 1.12. The van der Waals surface area contributed by atoms with Crippen LogP contribution >= 0.6 is 50.5 Å². The SMILES string of the molecule is Cc1[nH]c2c(S)c(S)c(S)c(S)c2c1CCN(C)C. The van der Waals surface area contributed by atoms with Crippen LogP contribution in [-0.4, -0.2) is 30.5 Å². The van der Waals surface area contributed by atoms with E-state index >= 15 is 0 Å². The molecule has 1 N–H and O–H groups in total. The van der Waals surface area contributed by atoms with Crippen LogP contribution in [0.3, 0.4) is 0 Å².